The standard InChI is InChI=1S/3C32H27Cl2F3N6O3/c2*1-6-20(44)42-10-9-41(13-16(42)5)29-17-11-19(33)27(21-23(35)22(34)25(37)30(45)24(21)36)40-31(17)43(32(46)18(29)12-38)28-15(4)7-8-39-26(28)14(2)3;1-6-20(44)42-10-9-41(13-16(42)5)29-17-11-19(33)27(21-22(34)24(36)25(37)30(45)23(21)35)40-31(17)43(32(46)18(29)12-38)28-15(4)7-8-39-26(28)14(2)3/h3*6-8,11,14,16,45H,1,9-10,13H2,2-5H3/t3*16-/m111/s1. The van der Waals surface area contributed by atoms with E-state index in [9.17, 15) is 77.4 Å². The normalized spacial score (nSPS) is 15.0. The zero-order chi connectivity index (χ0) is 101. The van der Waals surface area contributed by atoms with Gasteiger partial charge in [-0.25, -0.2) is 50.1 Å². The summed E-state index contributed by atoms with van der Waals surface area (Å²) < 4.78 is 138. The highest BCUT2D eigenvalue weighted by molar-refractivity contribution is 6.37. The maximum absolute atomic E-state index is 15.4. The minimum atomic E-state index is -1.89. The summed E-state index contributed by atoms with van der Waals surface area (Å²) in [6.07, 6.45) is 8.31. The average molecular weight is 2010 g/mol. The molecule has 3 fully saturated rings. The van der Waals surface area contributed by atoms with E-state index in [1.165, 1.54) is 41.0 Å². The molecule has 3 saturated heterocycles. The van der Waals surface area contributed by atoms with Gasteiger partial charge in [-0.2, -0.15) is 20.2 Å². The van der Waals surface area contributed by atoms with E-state index in [-0.39, 0.29) is 194 Å². The zero-order valence-corrected chi connectivity index (χ0v) is 79.9. The fourth-order valence-corrected chi connectivity index (χ4v) is 18.8. The molecule has 42 heteroatoms. The van der Waals surface area contributed by atoms with Crippen molar-refractivity contribution < 1.29 is 69.2 Å². The lowest BCUT2D eigenvalue weighted by Crippen LogP contribution is -2.54. The minimum absolute atomic E-state index is 0.117. The monoisotopic (exact) mass is 2010 g/mol. The largest absolute Gasteiger partial charge is 0.503 e. The van der Waals surface area contributed by atoms with Crippen molar-refractivity contribution in [2.24, 2.45) is 0 Å². The fourth-order valence-electron chi connectivity index (χ4n) is 17.4. The van der Waals surface area contributed by atoms with Gasteiger partial charge in [-0.1, -0.05) is 131 Å². The highest BCUT2D eigenvalue weighted by Crippen LogP contribution is 2.49. The van der Waals surface area contributed by atoms with Crippen molar-refractivity contribution in [2.45, 2.75) is 119 Å². The van der Waals surface area contributed by atoms with Crippen LogP contribution in [0.3, 0.4) is 0 Å². The third-order valence-corrected chi connectivity index (χ3v) is 25.9. The number of aromatic hydroxyl groups is 3. The molecule has 3 N–H and O–H groups in total. The van der Waals surface area contributed by atoms with Gasteiger partial charge in [-0.3, -0.25) is 57.4 Å². The number of aromatic nitrogens is 9. The number of hydrogen-bond donors (Lipinski definition) is 3. The molecule has 3 aliphatic heterocycles. The molecular weight excluding hydrogens is 1930 g/mol. The van der Waals surface area contributed by atoms with Crippen LogP contribution in [-0.4, -0.2) is 168 Å². The lowest BCUT2D eigenvalue weighted by Gasteiger charge is -2.41. The Morgan fingerprint density at radius 2 is 0.659 bits per heavy atom. The van der Waals surface area contributed by atoms with Gasteiger partial charge in [-0.15, -0.1) is 0 Å². The van der Waals surface area contributed by atoms with Gasteiger partial charge in [0.2, 0.25) is 23.5 Å². The number of carbonyl (C=O) groups is 3. The molecule has 3 amide bonds. The number of halogens is 15. The molecule has 138 heavy (non-hydrogen) atoms. The predicted octanol–water partition coefficient (Wildman–Crippen LogP) is 19.2. The number of piperazine rings is 3. The molecule has 3 aromatic carbocycles. The Bertz CT molecular complexity index is 6790. The Morgan fingerprint density at radius 3 is 0.913 bits per heavy atom. The van der Waals surface area contributed by atoms with Crippen molar-refractivity contribution in [3.05, 3.63) is 257 Å². The molecule has 0 unspecified atom stereocenters. The third kappa shape index (κ3) is 17.6. The summed E-state index contributed by atoms with van der Waals surface area (Å²) in [5.41, 5.74) is -3.44. The fraction of sp³-hybridized carbons (Fsp3) is 0.281. The third-order valence-electron chi connectivity index (χ3n) is 24.0. The van der Waals surface area contributed by atoms with E-state index in [1.807, 2.05) is 59.8 Å². The molecule has 12 heterocycles. The van der Waals surface area contributed by atoms with Crippen LogP contribution in [0.25, 0.3) is 83.9 Å². The molecule has 27 nitrogen and oxygen atoms in total. The summed E-state index contributed by atoms with van der Waals surface area (Å²) in [5, 5.41) is 57.5. The molecular formula is C96H81Cl6F9N18O9. The molecule has 0 aliphatic carbocycles. The summed E-state index contributed by atoms with van der Waals surface area (Å²) in [6, 6.07) is 13.9. The molecule has 0 bridgehead atoms. The number of phenols is 3. The zero-order valence-electron chi connectivity index (χ0n) is 75.4. The summed E-state index contributed by atoms with van der Waals surface area (Å²) in [6.45, 7) is 34.4. The second-order valence-electron chi connectivity index (χ2n) is 33.6. The van der Waals surface area contributed by atoms with Crippen LogP contribution in [-0.2, 0) is 14.4 Å². The quantitative estimate of drug-likeness (QED) is 0.0371. The topological polar surface area (TPSA) is 346 Å². The molecule has 12 aromatic rings. The van der Waals surface area contributed by atoms with Crippen molar-refractivity contribution >= 4 is 137 Å². The van der Waals surface area contributed by atoms with Crippen LogP contribution < -0.4 is 31.4 Å². The Kier molecular flexibility index (Phi) is 29.5. The number of rotatable bonds is 15. The summed E-state index contributed by atoms with van der Waals surface area (Å²) in [5.74, 6) is -21.3. The van der Waals surface area contributed by atoms with Crippen molar-refractivity contribution in [1.29, 1.82) is 15.8 Å². The molecule has 0 radical (unpaired) electrons. The molecule has 0 spiro atoms. The first kappa shape index (κ1) is 102. The van der Waals surface area contributed by atoms with Crippen LogP contribution >= 0.6 is 69.6 Å². The number of hydrogen-bond acceptors (Lipinski definition) is 21. The van der Waals surface area contributed by atoms with Crippen LogP contribution in [0.2, 0.25) is 30.1 Å². The van der Waals surface area contributed by atoms with Crippen molar-refractivity contribution in [1.82, 2.24) is 58.3 Å². The minimum Gasteiger partial charge on any atom is -0.503 e. The van der Waals surface area contributed by atoms with Gasteiger partial charge in [-0.05, 0) is 131 Å². The first-order valence-corrected chi connectivity index (χ1v) is 44.7. The first-order valence-electron chi connectivity index (χ1n) is 42.4. The van der Waals surface area contributed by atoms with Crippen LogP contribution in [0.15, 0.2) is 107 Å². The smallest absolute Gasteiger partial charge is 0.276 e. The second kappa shape index (κ2) is 40.1. The average Bonchev–Trinajstić information content (AvgIpc) is 0.726. The van der Waals surface area contributed by atoms with E-state index < -0.39 is 135 Å². The number of fused-ring (bicyclic) bond motifs is 3. The van der Waals surface area contributed by atoms with Crippen molar-refractivity contribution in [3.8, 4) is 86.3 Å². The Balaban J connectivity index is 0.000000175. The highest BCUT2D eigenvalue weighted by atomic mass is 35.5. The number of amides is 3. The van der Waals surface area contributed by atoms with Gasteiger partial charge >= 0.3 is 0 Å². The van der Waals surface area contributed by atoms with Gasteiger partial charge in [0.15, 0.2) is 63.8 Å². The van der Waals surface area contributed by atoms with Gasteiger partial charge in [0.25, 0.3) is 16.7 Å². The van der Waals surface area contributed by atoms with Crippen LogP contribution in [0.4, 0.5) is 56.6 Å². The second-order valence-corrected chi connectivity index (χ2v) is 35.9. The number of nitriles is 3. The highest BCUT2D eigenvalue weighted by Gasteiger charge is 2.40. The van der Waals surface area contributed by atoms with Gasteiger partial charge in [0.1, 0.15) is 61.9 Å². The number of benzene rings is 3. The van der Waals surface area contributed by atoms with Crippen LogP contribution in [0.1, 0.15) is 131 Å². The van der Waals surface area contributed by atoms with Crippen LogP contribution in [0.5, 0.6) is 17.2 Å². The summed E-state index contributed by atoms with van der Waals surface area (Å²) in [4.78, 5) is 117. The van der Waals surface area contributed by atoms with Gasteiger partial charge < -0.3 is 44.7 Å². The molecule has 3 aliphatic rings. The molecule has 3 atom stereocenters. The van der Waals surface area contributed by atoms with E-state index in [4.69, 9.17) is 69.6 Å². The lowest BCUT2D eigenvalue weighted by molar-refractivity contribution is -0.129. The molecule has 9 aromatic heterocycles. The summed E-state index contributed by atoms with van der Waals surface area (Å²) in [7, 11) is 0. The number of aryl methyl sites for hydroxylation is 3. The Labute approximate surface area is 811 Å². The number of pyridine rings is 9. The summed E-state index contributed by atoms with van der Waals surface area (Å²) >= 11 is 37.4. The predicted molar refractivity (Wildman–Crippen MR) is 508 cm³/mol. The molecule has 15 rings (SSSR count). The van der Waals surface area contributed by atoms with E-state index in [1.54, 1.807) is 108 Å². The van der Waals surface area contributed by atoms with E-state index in [2.05, 4.69) is 49.6 Å². The number of nitrogens with zero attached hydrogens (tertiary/aromatic N) is 18. The van der Waals surface area contributed by atoms with Crippen LogP contribution in [0, 0.1) is 107 Å². The lowest BCUT2D eigenvalue weighted by atomic mass is 10.0. The number of carbonyl (C=O) groups excluding carboxylic acids is 3. The Morgan fingerprint density at radius 1 is 0.399 bits per heavy atom. The maximum atomic E-state index is 15.4. The van der Waals surface area contributed by atoms with Crippen molar-refractivity contribution in [2.75, 3.05) is 73.6 Å². The molecule has 0 saturated carbocycles. The van der Waals surface area contributed by atoms with E-state index in [0.29, 0.717) is 50.8 Å². The molecule has 714 valence electrons. The van der Waals surface area contributed by atoms with E-state index >= 15 is 22.0 Å². The van der Waals surface area contributed by atoms with Gasteiger partial charge in [0, 0.05) is 112 Å². The van der Waals surface area contributed by atoms with Gasteiger partial charge in [0.05, 0.1) is 105 Å². The van der Waals surface area contributed by atoms with Crippen molar-refractivity contribution in [3.63, 3.8) is 0 Å². The maximum Gasteiger partial charge on any atom is 0.276 e. The Hall–Kier alpha value is -13.8. The SMILES string of the molecule is C=CC(=O)N1CCN(c2c(C#N)c(=O)n(-c3c(C)ccnc3C(C)C)c3nc(-c4c(F)c(O)c(F)c(Cl)c4F)c(Cl)cc23)C[C@H]1C.C=CC(=O)N1CCN(c2c(C#N)c(=O)n(-c3c(C)ccnc3C(C)C)c3nc(-c4c(F)c(O)c(F)c(Cl)c4F)c(Cl)cc23)C[C@H]1C.C=CC(=O)N1CCN(c2c(C#N)c(=O)n(-c3c(C)ccnc3C(C)C)c3nc(-c4c(F)c(O)c(F)c(F)c4Cl)c(Cl)cc23)C[C@H]1C. The van der Waals surface area contributed by atoms with E-state index in [0.717, 1.165) is 9.13 Å². The number of anilines is 3. The number of phenolic OH excluding ortho intramolecular Hbond substituents is 3. The first-order chi connectivity index (χ1) is 65.2.